The van der Waals surface area contributed by atoms with E-state index in [0.29, 0.717) is 16.7 Å². The summed E-state index contributed by atoms with van der Waals surface area (Å²) in [6, 6.07) is 0. The number of carbonyl (C=O) groups is 1. The highest BCUT2D eigenvalue weighted by molar-refractivity contribution is 5.97. The number of aromatic hydroxyl groups is 2. The maximum Gasteiger partial charge on any atom is 0.342 e. The molecule has 0 amide bonds. The van der Waals surface area contributed by atoms with Gasteiger partial charge in [0.2, 0.25) is 0 Å². The number of phenolic OH excluding ortho intramolecular Hbond substituents is 2. The molecule has 0 radical (unpaired) electrons. The molecule has 17 heavy (non-hydrogen) atoms. The molecule has 4 heteroatoms. The number of cyclic esters (lactones) is 1. The molecule has 0 aromatic heterocycles. The van der Waals surface area contributed by atoms with Crippen molar-refractivity contribution in [1.29, 1.82) is 0 Å². The number of rotatable bonds is 0. The van der Waals surface area contributed by atoms with Crippen molar-refractivity contribution in [1.82, 2.24) is 0 Å². The highest BCUT2D eigenvalue weighted by Gasteiger charge is 2.35. The number of fused-ring (bicyclic) bond motifs is 1. The van der Waals surface area contributed by atoms with Crippen molar-refractivity contribution in [3.8, 4) is 11.5 Å². The van der Waals surface area contributed by atoms with Crippen LogP contribution in [0.4, 0.5) is 0 Å². The molecule has 4 nitrogen and oxygen atoms in total. The van der Waals surface area contributed by atoms with Gasteiger partial charge in [0, 0.05) is 11.5 Å². The molecule has 0 aliphatic carbocycles. The first-order valence-electron chi connectivity index (χ1n) is 5.62. The third kappa shape index (κ3) is 1.47. The molecular weight excluding hydrogens is 220 g/mol. The SMILES string of the molecule is Cc1c(O)c(C)c2c(c1O)C(=O)O[C@H](C)[C@H]2C. The molecule has 0 fully saturated rings. The van der Waals surface area contributed by atoms with Crippen LogP contribution in [0.2, 0.25) is 0 Å². The van der Waals surface area contributed by atoms with Crippen LogP contribution >= 0.6 is 0 Å². The molecule has 1 aliphatic heterocycles. The lowest BCUT2D eigenvalue weighted by Gasteiger charge is -2.31. The Hall–Kier alpha value is -1.71. The number of esters is 1. The van der Waals surface area contributed by atoms with Crippen molar-refractivity contribution < 1.29 is 19.7 Å². The zero-order valence-electron chi connectivity index (χ0n) is 10.4. The van der Waals surface area contributed by atoms with Gasteiger partial charge in [-0.3, -0.25) is 0 Å². The fourth-order valence-corrected chi connectivity index (χ4v) is 2.36. The summed E-state index contributed by atoms with van der Waals surface area (Å²) in [4.78, 5) is 11.8. The Bertz CT molecular complexity index is 505. The average molecular weight is 236 g/mol. The predicted octanol–water partition coefficient (Wildman–Crippen LogP) is 2.38. The molecule has 2 N–H and O–H groups in total. The summed E-state index contributed by atoms with van der Waals surface area (Å²) in [5.41, 5.74) is 1.85. The van der Waals surface area contributed by atoms with E-state index in [0.717, 1.165) is 0 Å². The van der Waals surface area contributed by atoms with Gasteiger partial charge in [0.15, 0.2) is 0 Å². The van der Waals surface area contributed by atoms with Gasteiger partial charge >= 0.3 is 5.97 Å². The largest absolute Gasteiger partial charge is 0.507 e. The number of phenols is 2. The smallest absolute Gasteiger partial charge is 0.342 e. The monoisotopic (exact) mass is 236 g/mol. The van der Waals surface area contributed by atoms with Crippen molar-refractivity contribution in [2.24, 2.45) is 0 Å². The zero-order chi connectivity index (χ0) is 12.9. The molecule has 0 unspecified atom stereocenters. The van der Waals surface area contributed by atoms with Gasteiger partial charge in [-0.2, -0.15) is 0 Å². The summed E-state index contributed by atoms with van der Waals surface area (Å²) in [5, 5.41) is 19.9. The van der Waals surface area contributed by atoms with E-state index in [2.05, 4.69) is 0 Å². The first kappa shape index (κ1) is 11.8. The molecule has 1 heterocycles. The van der Waals surface area contributed by atoms with Gasteiger partial charge in [-0.25, -0.2) is 4.79 Å². The van der Waals surface area contributed by atoms with Gasteiger partial charge in [0.05, 0.1) is 0 Å². The number of benzene rings is 1. The quantitative estimate of drug-likeness (QED) is 0.679. The zero-order valence-corrected chi connectivity index (χ0v) is 10.4. The molecule has 1 aliphatic rings. The van der Waals surface area contributed by atoms with Crippen molar-refractivity contribution in [3.63, 3.8) is 0 Å². The minimum atomic E-state index is -0.519. The normalized spacial score (nSPS) is 23.2. The molecule has 0 spiro atoms. The summed E-state index contributed by atoms with van der Waals surface area (Å²) in [5.74, 6) is -0.684. The van der Waals surface area contributed by atoms with Crippen molar-refractivity contribution >= 4 is 5.97 Å². The first-order chi connectivity index (χ1) is 7.86. The van der Waals surface area contributed by atoms with Crippen molar-refractivity contribution in [3.05, 3.63) is 22.3 Å². The molecule has 2 rings (SSSR count). The van der Waals surface area contributed by atoms with Crippen LogP contribution in [-0.4, -0.2) is 22.3 Å². The van der Waals surface area contributed by atoms with Gasteiger partial charge in [0.1, 0.15) is 23.2 Å². The standard InChI is InChI=1S/C13H16O4/c1-5-8(4)17-13(16)10-9(5)6(2)11(14)7(3)12(10)15/h5,8,14-15H,1-4H3/t5-,8-/m1/s1. The minimum absolute atomic E-state index is 0.0416. The lowest BCUT2D eigenvalue weighted by molar-refractivity contribution is 0.0235. The van der Waals surface area contributed by atoms with E-state index in [4.69, 9.17) is 4.74 Å². The Morgan fingerprint density at radius 3 is 2.24 bits per heavy atom. The van der Waals surface area contributed by atoms with Crippen molar-refractivity contribution in [2.45, 2.75) is 39.7 Å². The molecule has 0 bridgehead atoms. The van der Waals surface area contributed by atoms with E-state index in [1.807, 2.05) is 6.92 Å². The highest BCUT2D eigenvalue weighted by Crippen LogP contribution is 2.44. The second-order valence-electron chi connectivity index (χ2n) is 4.63. The summed E-state index contributed by atoms with van der Waals surface area (Å²) in [7, 11) is 0. The molecular formula is C13H16O4. The Morgan fingerprint density at radius 1 is 1.06 bits per heavy atom. The third-order valence-corrected chi connectivity index (χ3v) is 3.63. The lowest BCUT2D eigenvalue weighted by Crippen LogP contribution is -2.29. The van der Waals surface area contributed by atoms with Crippen LogP contribution in [0.5, 0.6) is 11.5 Å². The Balaban J connectivity index is 2.83. The fraction of sp³-hybridized carbons (Fsp3) is 0.462. The molecule has 1 aromatic carbocycles. The fourth-order valence-electron chi connectivity index (χ4n) is 2.36. The lowest BCUT2D eigenvalue weighted by atomic mass is 9.84. The van der Waals surface area contributed by atoms with E-state index in [-0.39, 0.29) is 29.1 Å². The molecule has 92 valence electrons. The summed E-state index contributed by atoms with van der Waals surface area (Å²) in [6.45, 7) is 7.05. The topological polar surface area (TPSA) is 66.8 Å². The Morgan fingerprint density at radius 2 is 1.65 bits per heavy atom. The summed E-state index contributed by atoms with van der Waals surface area (Å²) in [6.07, 6.45) is -0.254. The van der Waals surface area contributed by atoms with E-state index in [1.54, 1.807) is 20.8 Å². The molecule has 1 aromatic rings. The first-order valence-corrected chi connectivity index (χ1v) is 5.62. The molecule has 0 saturated carbocycles. The van der Waals surface area contributed by atoms with E-state index >= 15 is 0 Å². The number of hydrogen-bond acceptors (Lipinski definition) is 4. The van der Waals surface area contributed by atoms with E-state index in [9.17, 15) is 15.0 Å². The van der Waals surface area contributed by atoms with Gasteiger partial charge < -0.3 is 14.9 Å². The van der Waals surface area contributed by atoms with Crippen LogP contribution in [-0.2, 0) is 4.74 Å². The van der Waals surface area contributed by atoms with Crippen LogP contribution in [0.3, 0.4) is 0 Å². The summed E-state index contributed by atoms with van der Waals surface area (Å²) >= 11 is 0. The van der Waals surface area contributed by atoms with Gasteiger partial charge in [-0.1, -0.05) is 6.92 Å². The van der Waals surface area contributed by atoms with Crippen LogP contribution in [0.15, 0.2) is 0 Å². The Labute approximate surface area is 99.8 Å². The van der Waals surface area contributed by atoms with E-state index in [1.165, 1.54) is 0 Å². The van der Waals surface area contributed by atoms with Crippen LogP contribution in [0.1, 0.15) is 46.8 Å². The van der Waals surface area contributed by atoms with Crippen LogP contribution in [0.25, 0.3) is 0 Å². The van der Waals surface area contributed by atoms with E-state index < -0.39 is 5.97 Å². The minimum Gasteiger partial charge on any atom is -0.507 e. The van der Waals surface area contributed by atoms with Gasteiger partial charge in [-0.05, 0) is 31.9 Å². The highest BCUT2D eigenvalue weighted by atomic mass is 16.5. The third-order valence-electron chi connectivity index (χ3n) is 3.63. The predicted molar refractivity (Wildman–Crippen MR) is 62.5 cm³/mol. The number of ether oxygens (including phenoxy) is 1. The van der Waals surface area contributed by atoms with Crippen LogP contribution < -0.4 is 0 Å². The second kappa shape index (κ2) is 3.65. The maximum absolute atomic E-state index is 11.8. The Kier molecular flexibility index (Phi) is 2.53. The molecule has 0 saturated heterocycles. The average Bonchev–Trinajstić information content (AvgIpc) is 2.28. The second-order valence-corrected chi connectivity index (χ2v) is 4.63. The summed E-state index contributed by atoms with van der Waals surface area (Å²) < 4.78 is 5.18. The van der Waals surface area contributed by atoms with Gasteiger partial charge in [0.25, 0.3) is 0 Å². The van der Waals surface area contributed by atoms with Gasteiger partial charge in [-0.15, -0.1) is 0 Å². The van der Waals surface area contributed by atoms with Crippen LogP contribution in [0, 0.1) is 13.8 Å². The maximum atomic E-state index is 11.8. The number of hydrogen-bond donors (Lipinski definition) is 2. The molecule has 2 atom stereocenters. The number of carbonyl (C=O) groups excluding carboxylic acids is 1. The van der Waals surface area contributed by atoms with Crippen molar-refractivity contribution in [2.75, 3.05) is 0 Å².